The second-order valence-corrected chi connectivity index (χ2v) is 2.88. The third kappa shape index (κ3) is 2.20. The second-order valence-electron chi connectivity index (χ2n) is 2.88. The SMILES string of the molecule is COc1c(F)cc(CF)cc1CCO. The Morgan fingerprint density at radius 2 is 2.14 bits per heavy atom. The molecular formula is C10H12F2O2. The van der Waals surface area contributed by atoms with E-state index in [9.17, 15) is 8.78 Å². The Kier molecular flexibility index (Phi) is 3.83. The van der Waals surface area contributed by atoms with Gasteiger partial charge in [0.2, 0.25) is 0 Å². The Morgan fingerprint density at radius 1 is 1.43 bits per heavy atom. The first-order chi connectivity index (χ1) is 6.72. The maximum absolute atomic E-state index is 13.2. The van der Waals surface area contributed by atoms with E-state index in [-0.39, 0.29) is 24.3 Å². The van der Waals surface area contributed by atoms with Crippen molar-refractivity contribution in [2.45, 2.75) is 13.1 Å². The van der Waals surface area contributed by atoms with Gasteiger partial charge in [-0.1, -0.05) is 0 Å². The van der Waals surface area contributed by atoms with Crippen LogP contribution >= 0.6 is 0 Å². The molecule has 0 radical (unpaired) electrons. The summed E-state index contributed by atoms with van der Waals surface area (Å²) in [6, 6.07) is 2.60. The molecule has 0 bridgehead atoms. The van der Waals surface area contributed by atoms with Crippen LogP contribution in [0.3, 0.4) is 0 Å². The van der Waals surface area contributed by atoms with E-state index in [1.165, 1.54) is 13.2 Å². The molecule has 2 nitrogen and oxygen atoms in total. The van der Waals surface area contributed by atoms with E-state index in [1.807, 2.05) is 0 Å². The first kappa shape index (κ1) is 10.9. The van der Waals surface area contributed by atoms with Crippen molar-refractivity contribution in [3.63, 3.8) is 0 Å². The molecule has 0 saturated heterocycles. The van der Waals surface area contributed by atoms with Gasteiger partial charge in [0.05, 0.1) is 7.11 Å². The lowest BCUT2D eigenvalue weighted by Crippen LogP contribution is -2.00. The minimum Gasteiger partial charge on any atom is -0.493 e. The van der Waals surface area contributed by atoms with Crippen molar-refractivity contribution >= 4 is 0 Å². The van der Waals surface area contributed by atoms with Crippen molar-refractivity contribution in [2.75, 3.05) is 13.7 Å². The predicted octanol–water partition coefficient (Wildman–Crippen LogP) is 1.84. The van der Waals surface area contributed by atoms with Crippen LogP contribution in [0, 0.1) is 5.82 Å². The highest BCUT2D eigenvalue weighted by molar-refractivity contribution is 5.38. The Bertz CT molecular complexity index is 313. The molecule has 0 atom stereocenters. The fraction of sp³-hybridized carbons (Fsp3) is 0.400. The molecule has 0 unspecified atom stereocenters. The summed E-state index contributed by atoms with van der Waals surface area (Å²) < 4.78 is 30.4. The van der Waals surface area contributed by atoms with Crippen molar-refractivity contribution in [2.24, 2.45) is 0 Å². The van der Waals surface area contributed by atoms with Crippen LogP contribution in [0.5, 0.6) is 5.75 Å². The van der Waals surface area contributed by atoms with Gasteiger partial charge in [0, 0.05) is 6.61 Å². The molecule has 1 rings (SSSR count). The zero-order chi connectivity index (χ0) is 10.6. The number of hydrogen-bond acceptors (Lipinski definition) is 2. The summed E-state index contributed by atoms with van der Waals surface area (Å²) in [5.74, 6) is -0.512. The van der Waals surface area contributed by atoms with Crippen molar-refractivity contribution in [1.82, 2.24) is 0 Å². The van der Waals surface area contributed by atoms with E-state index in [0.717, 1.165) is 6.07 Å². The normalized spacial score (nSPS) is 10.3. The molecule has 0 aromatic heterocycles. The molecule has 0 spiro atoms. The smallest absolute Gasteiger partial charge is 0.165 e. The minimum absolute atomic E-state index is 0.0799. The largest absolute Gasteiger partial charge is 0.493 e. The molecule has 0 heterocycles. The van der Waals surface area contributed by atoms with Gasteiger partial charge in [-0.05, 0) is 29.7 Å². The predicted molar refractivity (Wildman–Crippen MR) is 48.6 cm³/mol. The average molecular weight is 202 g/mol. The number of benzene rings is 1. The van der Waals surface area contributed by atoms with Crippen LogP contribution in [0.1, 0.15) is 11.1 Å². The van der Waals surface area contributed by atoms with E-state index in [0.29, 0.717) is 5.56 Å². The average Bonchev–Trinajstić information content (AvgIpc) is 2.18. The van der Waals surface area contributed by atoms with Crippen molar-refractivity contribution in [3.05, 3.63) is 29.1 Å². The lowest BCUT2D eigenvalue weighted by atomic mass is 10.1. The lowest BCUT2D eigenvalue weighted by Gasteiger charge is -2.09. The van der Waals surface area contributed by atoms with Gasteiger partial charge in [0.25, 0.3) is 0 Å². The van der Waals surface area contributed by atoms with Crippen molar-refractivity contribution < 1.29 is 18.6 Å². The highest BCUT2D eigenvalue weighted by Crippen LogP contribution is 2.25. The molecule has 78 valence electrons. The van der Waals surface area contributed by atoms with Crippen molar-refractivity contribution in [3.8, 4) is 5.75 Å². The van der Waals surface area contributed by atoms with Gasteiger partial charge in [-0.25, -0.2) is 8.78 Å². The van der Waals surface area contributed by atoms with Crippen LogP contribution in [0.4, 0.5) is 8.78 Å². The number of methoxy groups -OCH3 is 1. The van der Waals surface area contributed by atoms with Gasteiger partial charge >= 0.3 is 0 Å². The summed E-state index contributed by atoms with van der Waals surface area (Å²) in [7, 11) is 1.34. The van der Waals surface area contributed by atoms with Gasteiger partial charge in [-0.15, -0.1) is 0 Å². The lowest BCUT2D eigenvalue weighted by molar-refractivity contribution is 0.295. The number of aliphatic hydroxyl groups is 1. The summed E-state index contributed by atoms with van der Waals surface area (Å²) in [4.78, 5) is 0. The molecular weight excluding hydrogens is 190 g/mol. The van der Waals surface area contributed by atoms with Gasteiger partial charge in [0.15, 0.2) is 11.6 Å². The fourth-order valence-electron chi connectivity index (χ4n) is 1.32. The molecule has 0 saturated carbocycles. The van der Waals surface area contributed by atoms with E-state index in [4.69, 9.17) is 9.84 Å². The molecule has 0 amide bonds. The van der Waals surface area contributed by atoms with Crippen LogP contribution in [-0.2, 0) is 13.1 Å². The Balaban J connectivity index is 3.13. The Morgan fingerprint density at radius 3 is 2.64 bits per heavy atom. The molecule has 4 heteroatoms. The summed E-state index contributed by atoms with van der Waals surface area (Å²) in [5.41, 5.74) is 0.745. The van der Waals surface area contributed by atoms with E-state index >= 15 is 0 Å². The molecule has 0 aliphatic rings. The first-order valence-corrected chi connectivity index (χ1v) is 4.25. The number of halogens is 2. The topological polar surface area (TPSA) is 29.5 Å². The van der Waals surface area contributed by atoms with Gasteiger partial charge < -0.3 is 9.84 Å². The number of hydrogen-bond donors (Lipinski definition) is 1. The maximum atomic E-state index is 13.2. The zero-order valence-electron chi connectivity index (χ0n) is 7.89. The van der Waals surface area contributed by atoms with Crippen molar-refractivity contribution in [1.29, 1.82) is 0 Å². The fourth-order valence-corrected chi connectivity index (χ4v) is 1.32. The summed E-state index contributed by atoms with van der Waals surface area (Å²) in [6.07, 6.45) is 0.258. The van der Waals surface area contributed by atoms with Gasteiger partial charge in [-0.3, -0.25) is 0 Å². The molecule has 1 aromatic carbocycles. The first-order valence-electron chi connectivity index (χ1n) is 4.25. The summed E-state index contributed by atoms with van der Waals surface area (Å²) in [5, 5.41) is 8.72. The van der Waals surface area contributed by atoms with Crippen LogP contribution in [-0.4, -0.2) is 18.8 Å². The molecule has 1 N–H and O–H groups in total. The summed E-state index contributed by atoms with van der Waals surface area (Å²) in [6.45, 7) is -0.842. The monoisotopic (exact) mass is 202 g/mol. The minimum atomic E-state index is -0.723. The molecule has 0 fully saturated rings. The zero-order valence-corrected chi connectivity index (χ0v) is 7.89. The molecule has 1 aromatic rings. The van der Waals surface area contributed by atoms with E-state index < -0.39 is 12.5 Å². The molecule has 0 aliphatic heterocycles. The number of ether oxygens (including phenoxy) is 1. The molecule has 0 aliphatic carbocycles. The van der Waals surface area contributed by atoms with Crippen LogP contribution in [0.2, 0.25) is 0 Å². The maximum Gasteiger partial charge on any atom is 0.165 e. The second kappa shape index (κ2) is 4.91. The number of rotatable bonds is 4. The summed E-state index contributed by atoms with van der Waals surface area (Å²) >= 11 is 0. The van der Waals surface area contributed by atoms with Gasteiger partial charge in [0.1, 0.15) is 6.67 Å². The third-order valence-electron chi connectivity index (χ3n) is 1.92. The van der Waals surface area contributed by atoms with Crippen LogP contribution in [0.15, 0.2) is 12.1 Å². The number of alkyl halides is 1. The Hall–Kier alpha value is -1.16. The number of aliphatic hydroxyl groups excluding tert-OH is 1. The highest BCUT2D eigenvalue weighted by atomic mass is 19.1. The third-order valence-corrected chi connectivity index (χ3v) is 1.92. The molecule has 14 heavy (non-hydrogen) atoms. The van der Waals surface area contributed by atoms with Gasteiger partial charge in [-0.2, -0.15) is 0 Å². The van der Waals surface area contributed by atoms with Crippen LogP contribution in [0.25, 0.3) is 0 Å². The quantitative estimate of drug-likeness (QED) is 0.807. The van der Waals surface area contributed by atoms with E-state index in [2.05, 4.69) is 0 Å². The highest BCUT2D eigenvalue weighted by Gasteiger charge is 2.10. The standard InChI is InChI=1S/C10H12F2O2/c1-14-10-8(2-3-13)4-7(6-11)5-9(10)12/h4-5,13H,2-3,6H2,1H3. The Labute approximate surface area is 81.1 Å². The van der Waals surface area contributed by atoms with E-state index in [1.54, 1.807) is 0 Å². The van der Waals surface area contributed by atoms with Crippen LogP contribution < -0.4 is 4.74 Å².